The van der Waals surface area contributed by atoms with Crippen LogP contribution in [0.3, 0.4) is 0 Å². The Kier molecular flexibility index (Phi) is 6.60. The minimum Gasteiger partial charge on any atom is -0.339 e. The lowest BCUT2D eigenvalue weighted by molar-refractivity contribution is -0.432. The molecule has 152 valence electrons. The minimum absolute atomic E-state index is 0.122. The van der Waals surface area contributed by atoms with Crippen molar-refractivity contribution in [3.63, 3.8) is 0 Å². The van der Waals surface area contributed by atoms with Crippen molar-refractivity contribution < 1.29 is 27.8 Å². The fourth-order valence-electron chi connectivity index (χ4n) is 2.07. The van der Waals surface area contributed by atoms with Crippen molar-refractivity contribution in [1.29, 1.82) is 0 Å². The van der Waals surface area contributed by atoms with Gasteiger partial charge in [-0.25, -0.2) is 5.26 Å². The highest BCUT2D eigenvalue weighted by Gasteiger charge is 2.15. The molecule has 1 aromatic carbocycles. The Balaban J connectivity index is 1.95. The molecule has 0 unspecified atom stereocenters. The normalized spacial score (nSPS) is 10.8. The summed E-state index contributed by atoms with van der Waals surface area (Å²) in [5, 5.41) is 16.7. The quantitative estimate of drug-likeness (QED) is 0.160. The molecule has 29 heavy (non-hydrogen) atoms. The summed E-state index contributed by atoms with van der Waals surface area (Å²) in [5.74, 6) is -1.56. The number of halogens is 4. The van der Waals surface area contributed by atoms with Gasteiger partial charge < -0.3 is 10.6 Å². The topological polar surface area (TPSA) is 127 Å². The lowest BCUT2D eigenvalue weighted by atomic mass is 10.2. The molecule has 10 nitrogen and oxygen atoms in total. The van der Waals surface area contributed by atoms with Crippen LogP contribution in [0.5, 0.6) is 0 Å². The molecule has 0 aliphatic heterocycles. The molecule has 0 saturated heterocycles. The van der Waals surface area contributed by atoms with Crippen molar-refractivity contribution in [2.24, 2.45) is 0 Å². The molecule has 2 heterocycles. The van der Waals surface area contributed by atoms with Gasteiger partial charge in [-0.1, -0.05) is 16.6 Å². The van der Waals surface area contributed by atoms with Gasteiger partial charge in [-0.15, -0.1) is 4.33 Å². The van der Waals surface area contributed by atoms with Gasteiger partial charge in [0.25, 0.3) is 0 Å². The Labute approximate surface area is 169 Å². The van der Waals surface area contributed by atoms with Gasteiger partial charge in [0.1, 0.15) is 10.8 Å². The van der Waals surface area contributed by atoms with Crippen LogP contribution >= 0.6 is 23.6 Å². The van der Waals surface area contributed by atoms with E-state index in [4.69, 9.17) is 16.9 Å². The summed E-state index contributed by atoms with van der Waals surface area (Å²) in [4.78, 5) is 17.5. The molecule has 0 bridgehead atoms. The van der Waals surface area contributed by atoms with E-state index in [-0.39, 0.29) is 29.0 Å². The maximum atomic E-state index is 13.5. The average Bonchev–Trinajstić information content (AvgIpc) is 2.64. The highest BCUT2D eigenvalue weighted by atomic mass is 35.5. The summed E-state index contributed by atoms with van der Waals surface area (Å²) < 4.78 is 44.6. The molecule has 2 aromatic heterocycles. The van der Waals surface area contributed by atoms with E-state index in [2.05, 4.69) is 44.9 Å². The maximum Gasteiger partial charge on any atom is 0.313 e. The number of nitrogens with zero attached hydrogens (tertiary/aromatic N) is 5. The number of rotatable bonds is 7. The van der Waals surface area contributed by atoms with Crippen LogP contribution in [0.25, 0.3) is 0 Å². The predicted molar refractivity (Wildman–Crippen MR) is 95.1 cm³/mol. The summed E-state index contributed by atoms with van der Waals surface area (Å²) in [6, 6.07) is 4.37. The van der Waals surface area contributed by atoms with E-state index in [1.165, 1.54) is 25.1 Å². The molecule has 0 saturated carbocycles. The van der Waals surface area contributed by atoms with Crippen molar-refractivity contribution >= 4 is 46.8 Å². The Morgan fingerprint density at radius 1 is 1.03 bits per heavy atom. The second-order valence-corrected chi connectivity index (χ2v) is 6.23. The van der Waals surface area contributed by atoms with Crippen LogP contribution in [0.4, 0.5) is 36.3 Å². The van der Waals surface area contributed by atoms with Gasteiger partial charge in [0.05, 0.1) is 22.6 Å². The Morgan fingerprint density at radius 3 is 2.52 bits per heavy atom. The molecule has 0 amide bonds. The van der Waals surface area contributed by atoms with Crippen molar-refractivity contribution in [3.8, 4) is 0 Å². The van der Waals surface area contributed by atoms with Gasteiger partial charge in [0.15, 0.2) is 5.82 Å². The largest absolute Gasteiger partial charge is 0.339 e. The predicted octanol–water partition coefficient (Wildman–Crippen LogP) is 3.96. The smallest absolute Gasteiger partial charge is 0.313 e. The molecule has 15 heteroatoms. The fraction of sp³-hybridized carbons (Fsp3) is 0.0714. The first-order valence-electron chi connectivity index (χ1n) is 7.45. The van der Waals surface area contributed by atoms with E-state index < -0.39 is 23.1 Å². The lowest BCUT2D eigenvalue weighted by Crippen LogP contribution is -2.05. The summed E-state index contributed by atoms with van der Waals surface area (Å²) in [6.07, 6.45) is -2.32. The number of hydrogen-bond acceptors (Lipinski definition) is 11. The first-order chi connectivity index (χ1) is 13.9. The molecular weight excluding hydrogens is 439 g/mol. The first kappa shape index (κ1) is 20.9. The summed E-state index contributed by atoms with van der Waals surface area (Å²) in [6.45, 7) is 1.46. The molecule has 3 rings (SSSR count). The SMILES string of the molecule is Cc1nc(F)nc(Nc2cc(Nc3nc(F)nc(F)c3Cl)ccc2SOOO)n1. The lowest BCUT2D eigenvalue weighted by Gasteiger charge is -2.13. The van der Waals surface area contributed by atoms with Crippen molar-refractivity contribution in [2.75, 3.05) is 10.6 Å². The van der Waals surface area contributed by atoms with E-state index in [1.54, 1.807) is 0 Å². The third kappa shape index (κ3) is 5.39. The van der Waals surface area contributed by atoms with Crippen LogP contribution in [0, 0.1) is 25.0 Å². The highest BCUT2D eigenvalue weighted by molar-refractivity contribution is 7.94. The number of nitrogens with one attached hydrogen (secondary N) is 2. The maximum absolute atomic E-state index is 13.5. The van der Waals surface area contributed by atoms with Crippen LogP contribution in [0.1, 0.15) is 5.82 Å². The number of benzene rings is 1. The molecule has 3 aromatic rings. The molecule has 0 spiro atoms. The van der Waals surface area contributed by atoms with Gasteiger partial charge in [-0.05, 0) is 25.1 Å². The third-order valence-corrected chi connectivity index (χ3v) is 4.15. The number of anilines is 4. The Bertz CT molecular complexity index is 1030. The van der Waals surface area contributed by atoms with Crippen LogP contribution in [-0.2, 0) is 9.37 Å². The average molecular weight is 448 g/mol. The molecule has 0 atom stereocenters. The summed E-state index contributed by atoms with van der Waals surface area (Å²) in [7, 11) is 0. The van der Waals surface area contributed by atoms with Crippen molar-refractivity contribution in [2.45, 2.75) is 11.8 Å². The monoisotopic (exact) mass is 447 g/mol. The van der Waals surface area contributed by atoms with E-state index in [9.17, 15) is 13.2 Å². The Hall–Kier alpha value is -2.78. The highest BCUT2D eigenvalue weighted by Crippen LogP contribution is 2.34. The van der Waals surface area contributed by atoms with Gasteiger partial charge in [0.2, 0.25) is 11.9 Å². The van der Waals surface area contributed by atoms with Crippen LogP contribution in [0.15, 0.2) is 23.1 Å². The van der Waals surface area contributed by atoms with Gasteiger partial charge >= 0.3 is 12.2 Å². The second-order valence-electron chi connectivity index (χ2n) is 5.11. The van der Waals surface area contributed by atoms with E-state index in [0.717, 1.165) is 0 Å². The summed E-state index contributed by atoms with van der Waals surface area (Å²) in [5.41, 5.74) is 0.514. The van der Waals surface area contributed by atoms with Crippen LogP contribution in [0.2, 0.25) is 5.02 Å². The van der Waals surface area contributed by atoms with Crippen molar-refractivity contribution in [3.05, 3.63) is 47.2 Å². The van der Waals surface area contributed by atoms with E-state index >= 15 is 0 Å². The molecule has 0 fully saturated rings. The van der Waals surface area contributed by atoms with Crippen molar-refractivity contribution in [1.82, 2.24) is 24.9 Å². The van der Waals surface area contributed by atoms with Gasteiger partial charge in [0, 0.05) is 5.69 Å². The number of aryl methyl sites for hydroxylation is 1. The number of hydrogen-bond donors (Lipinski definition) is 3. The second kappa shape index (κ2) is 9.15. The van der Waals surface area contributed by atoms with E-state index in [1.807, 2.05) is 0 Å². The molecule has 0 radical (unpaired) electrons. The zero-order chi connectivity index (χ0) is 21.0. The van der Waals surface area contributed by atoms with Gasteiger partial charge in [-0.2, -0.15) is 38.1 Å². The van der Waals surface area contributed by atoms with Crippen LogP contribution < -0.4 is 10.6 Å². The molecule has 0 aliphatic carbocycles. The zero-order valence-corrected chi connectivity index (χ0v) is 15.7. The number of aromatic nitrogens is 5. The fourth-order valence-corrected chi connectivity index (χ4v) is 2.63. The van der Waals surface area contributed by atoms with E-state index in [0.29, 0.717) is 16.9 Å². The first-order valence-corrected chi connectivity index (χ1v) is 8.57. The zero-order valence-electron chi connectivity index (χ0n) is 14.2. The molecule has 3 N–H and O–H groups in total. The summed E-state index contributed by atoms with van der Waals surface area (Å²) >= 11 is 6.34. The minimum atomic E-state index is -1.32. The Morgan fingerprint density at radius 2 is 1.79 bits per heavy atom. The van der Waals surface area contributed by atoms with Crippen LogP contribution in [-0.4, -0.2) is 30.2 Å². The molecular formula is C14H9ClF3N7O3S. The third-order valence-electron chi connectivity index (χ3n) is 3.15. The van der Waals surface area contributed by atoms with Gasteiger partial charge in [-0.3, -0.25) is 0 Å². The standard InChI is InChI=1S/C14H9ClF3N7O3S/c1-5-19-12(17)25-14(20-5)22-7-4-6(2-3-8(7)29-28-27-26)21-11-9(15)10(16)23-13(18)24-11/h2-4,26H,1H3,(H,21,23,24)(H,19,20,22,25). The molecule has 0 aliphatic rings.